The topological polar surface area (TPSA) is 15.8 Å². The maximum absolute atomic E-state index is 3.56. The smallest absolute Gasteiger partial charge is 0.0601 e. The van der Waals surface area contributed by atoms with E-state index in [1.807, 2.05) is 0 Å². The molecule has 0 bridgehead atoms. The van der Waals surface area contributed by atoms with Crippen LogP contribution in [-0.4, -0.2) is 4.98 Å². The minimum Gasteiger partial charge on any atom is -0.353 e. The first-order valence-electron chi connectivity index (χ1n) is 4.82. The van der Waals surface area contributed by atoms with Crippen molar-refractivity contribution in [1.29, 1.82) is 0 Å². The quantitative estimate of drug-likeness (QED) is 0.314. The Labute approximate surface area is 142 Å². The molecule has 0 aliphatic carbocycles. The highest BCUT2D eigenvalue weighted by molar-refractivity contribution is 14.1. The van der Waals surface area contributed by atoms with Crippen LogP contribution in [0, 0.1) is 7.14 Å². The SMILES string of the molecule is Brc1cc(I)c2[nH]c3c(I)cc(Br)cc3c2c1. The molecule has 0 aliphatic rings. The molecule has 0 amide bonds. The van der Waals surface area contributed by atoms with Crippen molar-refractivity contribution in [3.8, 4) is 0 Å². The average molecular weight is 577 g/mol. The predicted octanol–water partition coefficient (Wildman–Crippen LogP) is 6.06. The van der Waals surface area contributed by atoms with Gasteiger partial charge >= 0.3 is 0 Å². The highest BCUT2D eigenvalue weighted by Crippen LogP contribution is 2.35. The van der Waals surface area contributed by atoms with Crippen molar-refractivity contribution < 1.29 is 0 Å². The van der Waals surface area contributed by atoms with Crippen molar-refractivity contribution in [2.24, 2.45) is 0 Å². The Balaban J connectivity index is 2.60. The summed E-state index contributed by atoms with van der Waals surface area (Å²) in [5, 5.41) is 2.52. The lowest BCUT2D eigenvalue weighted by Crippen LogP contribution is -1.76. The first-order chi connectivity index (χ1) is 8.06. The molecule has 1 N–H and O–H groups in total. The number of fused-ring (bicyclic) bond motifs is 3. The van der Waals surface area contributed by atoms with Crippen LogP contribution < -0.4 is 0 Å². The van der Waals surface area contributed by atoms with Crippen LogP contribution in [0.1, 0.15) is 0 Å². The summed E-state index contributed by atoms with van der Waals surface area (Å²) in [6.45, 7) is 0. The minimum atomic E-state index is 1.12. The summed E-state index contributed by atoms with van der Waals surface area (Å²) in [6.07, 6.45) is 0. The molecule has 0 spiro atoms. The van der Waals surface area contributed by atoms with E-state index in [4.69, 9.17) is 0 Å². The van der Waals surface area contributed by atoms with Crippen LogP contribution in [0.2, 0.25) is 0 Å². The van der Waals surface area contributed by atoms with E-state index in [0.29, 0.717) is 0 Å². The van der Waals surface area contributed by atoms with Gasteiger partial charge in [-0.2, -0.15) is 0 Å². The number of H-pyrrole nitrogens is 1. The summed E-state index contributed by atoms with van der Waals surface area (Å²) in [5.74, 6) is 0. The summed E-state index contributed by atoms with van der Waals surface area (Å²) >= 11 is 11.8. The van der Waals surface area contributed by atoms with Crippen molar-refractivity contribution in [1.82, 2.24) is 4.98 Å². The van der Waals surface area contributed by atoms with Gasteiger partial charge in [0.2, 0.25) is 0 Å². The van der Waals surface area contributed by atoms with Crippen molar-refractivity contribution in [2.75, 3.05) is 0 Å². The first kappa shape index (κ1) is 12.7. The zero-order valence-electron chi connectivity index (χ0n) is 8.32. The second-order valence-electron chi connectivity index (χ2n) is 3.75. The van der Waals surface area contributed by atoms with Gasteiger partial charge in [-0.05, 0) is 69.4 Å². The number of benzene rings is 2. The molecule has 3 rings (SSSR count). The zero-order valence-corrected chi connectivity index (χ0v) is 15.8. The van der Waals surface area contributed by atoms with Crippen molar-refractivity contribution >= 4 is 98.8 Å². The highest BCUT2D eigenvalue weighted by Gasteiger charge is 2.11. The Kier molecular flexibility index (Phi) is 3.46. The van der Waals surface area contributed by atoms with Crippen molar-refractivity contribution in [2.45, 2.75) is 0 Å². The van der Waals surface area contributed by atoms with Crippen LogP contribution >= 0.6 is 77.0 Å². The molecule has 0 fully saturated rings. The number of rotatable bonds is 0. The molecule has 3 aromatic rings. The van der Waals surface area contributed by atoms with Gasteiger partial charge in [0.15, 0.2) is 0 Å². The van der Waals surface area contributed by atoms with Crippen LogP contribution in [0.25, 0.3) is 21.8 Å². The minimum absolute atomic E-state index is 1.12. The van der Waals surface area contributed by atoms with E-state index in [1.165, 1.54) is 28.9 Å². The summed E-state index contributed by atoms with van der Waals surface area (Å²) in [7, 11) is 0. The summed E-state index contributed by atoms with van der Waals surface area (Å²) in [4.78, 5) is 3.51. The number of aromatic nitrogens is 1. The average Bonchev–Trinajstić information content (AvgIpc) is 2.58. The van der Waals surface area contributed by atoms with Gasteiger partial charge in [0, 0.05) is 26.9 Å². The fraction of sp³-hybridized carbons (Fsp3) is 0. The normalized spacial score (nSPS) is 11.5. The predicted molar refractivity (Wildman–Crippen MR) is 96.6 cm³/mol. The Morgan fingerprint density at radius 1 is 0.765 bits per heavy atom. The molecular weight excluding hydrogens is 572 g/mol. The van der Waals surface area contributed by atoms with Gasteiger partial charge in [0.1, 0.15) is 0 Å². The number of halogens is 4. The van der Waals surface area contributed by atoms with Gasteiger partial charge in [0.05, 0.1) is 11.0 Å². The van der Waals surface area contributed by atoms with Crippen LogP contribution in [0.4, 0.5) is 0 Å². The van der Waals surface area contributed by atoms with E-state index in [0.717, 1.165) is 8.95 Å². The lowest BCUT2D eigenvalue weighted by atomic mass is 10.1. The first-order valence-corrected chi connectivity index (χ1v) is 8.56. The largest absolute Gasteiger partial charge is 0.353 e. The fourth-order valence-corrected chi connectivity index (χ4v) is 5.24. The van der Waals surface area contributed by atoms with Gasteiger partial charge in [-0.25, -0.2) is 0 Å². The lowest BCUT2D eigenvalue weighted by molar-refractivity contribution is 1.50. The summed E-state index contributed by atoms with van der Waals surface area (Å²) in [5.41, 5.74) is 2.42. The second kappa shape index (κ2) is 4.64. The van der Waals surface area contributed by atoms with Gasteiger partial charge in [0.25, 0.3) is 0 Å². The van der Waals surface area contributed by atoms with Crippen LogP contribution in [0.15, 0.2) is 33.2 Å². The van der Waals surface area contributed by atoms with E-state index < -0.39 is 0 Å². The third kappa shape index (κ3) is 2.17. The van der Waals surface area contributed by atoms with E-state index in [1.54, 1.807) is 0 Å². The third-order valence-corrected chi connectivity index (χ3v) is 5.27. The molecule has 1 aromatic heterocycles. The number of aromatic amines is 1. The van der Waals surface area contributed by atoms with Crippen molar-refractivity contribution in [3.63, 3.8) is 0 Å². The van der Waals surface area contributed by atoms with Crippen LogP contribution in [-0.2, 0) is 0 Å². The molecule has 0 saturated carbocycles. The van der Waals surface area contributed by atoms with E-state index in [9.17, 15) is 0 Å². The molecule has 1 nitrogen and oxygen atoms in total. The number of nitrogens with one attached hydrogen (secondary N) is 1. The molecule has 0 unspecified atom stereocenters. The molecule has 1 heterocycles. The lowest BCUT2D eigenvalue weighted by Gasteiger charge is -1.97. The van der Waals surface area contributed by atoms with E-state index in [2.05, 4.69) is 106 Å². The molecule has 5 heteroatoms. The molecule has 0 radical (unpaired) electrons. The molecular formula is C12H5Br2I2N. The van der Waals surface area contributed by atoms with Crippen LogP contribution in [0.3, 0.4) is 0 Å². The summed E-state index contributed by atoms with van der Waals surface area (Å²) < 4.78 is 4.70. The van der Waals surface area contributed by atoms with E-state index in [-0.39, 0.29) is 0 Å². The molecule has 0 atom stereocenters. The van der Waals surface area contributed by atoms with Gasteiger partial charge in [-0.1, -0.05) is 31.9 Å². The number of hydrogen-bond acceptors (Lipinski definition) is 0. The van der Waals surface area contributed by atoms with Crippen molar-refractivity contribution in [3.05, 3.63) is 40.4 Å². The van der Waals surface area contributed by atoms with Gasteiger partial charge in [-0.3, -0.25) is 0 Å². The Morgan fingerprint density at radius 2 is 1.18 bits per heavy atom. The molecule has 2 aromatic carbocycles. The second-order valence-corrected chi connectivity index (χ2v) is 7.90. The highest BCUT2D eigenvalue weighted by atomic mass is 127. The monoisotopic (exact) mass is 575 g/mol. The standard InChI is InChI=1S/C12H5Br2I2N/c13-5-1-7-8-2-6(14)4-10(16)12(8)17-11(7)9(15)3-5/h1-4,17H. The maximum Gasteiger partial charge on any atom is 0.0601 e. The Bertz CT molecular complexity index is 687. The fourth-order valence-electron chi connectivity index (χ4n) is 1.95. The Morgan fingerprint density at radius 3 is 1.59 bits per heavy atom. The summed E-state index contributed by atoms with van der Waals surface area (Å²) in [6, 6.07) is 8.58. The van der Waals surface area contributed by atoms with Gasteiger partial charge < -0.3 is 4.98 Å². The van der Waals surface area contributed by atoms with Gasteiger partial charge in [-0.15, -0.1) is 0 Å². The zero-order chi connectivity index (χ0) is 12.2. The molecule has 86 valence electrons. The molecule has 0 saturated heterocycles. The maximum atomic E-state index is 3.56. The Hall–Kier alpha value is 0.660. The molecule has 0 aliphatic heterocycles. The number of hydrogen-bond donors (Lipinski definition) is 1. The molecule has 17 heavy (non-hydrogen) atoms. The van der Waals surface area contributed by atoms with Crippen LogP contribution in [0.5, 0.6) is 0 Å². The third-order valence-electron chi connectivity index (χ3n) is 2.65. The van der Waals surface area contributed by atoms with E-state index >= 15 is 0 Å².